The second-order valence-corrected chi connectivity index (χ2v) is 12.7. The highest BCUT2D eigenvalue weighted by Gasteiger charge is 2.43. The van der Waals surface area contributed by atoms with Crippen molar-refractivity contribution in [1.82, 2.24) is 0 Å². The molecule has 0 aromatic heterocycles. The molecule has 0 radical (unpaired) electrons. The van der Waals surface area contributed by atoms with Crippen LogP contribution in [0.5, 0.6) is 0 Å². The molecule has 2 heteroatoms. The molecule has 0 unspecified atom stereocenters. The van der Waals surface area contributed by atoms with Crippen LogP contribution < -0.4 is 15.9 Å². The molecule has 0 aliphatic carbocycles. The second kappa shape index (κ2) is 15.1. The molecule has 0 N–H and O–H groups in total. The van der Waals surface area contributed by atoms with Crippen molar-refractivity contribution >= 4 is 34.8 Å². The monoisotopic (exact) mass is 477 g/mol. The fraction of sp³-hybridized carbons (Fsp3) is 0.355. The zero-order valence-corrected chi connectivity index (χ0v) is 21.6. The Morgan fingerprint density at radius 3 is 1.30 bits per heavy atom. The molecule has 3 aromatic carbocycles. The number of hydrogen-bond donors (Lipinski definition) is 0. The molecule has 3 rings (SSSR count). The lowest BCUT2D eigenvalue weighted by Gasteiger charge is -2.26. The maximum atomic E-state index is 5.75. The van der Waals surface area contributed by atoms with Crippen molar-refractivity contribution in [3.8, 4) is 0 Å². The standard InChI is InChI=1S/C31H39ClP/c32-27-19-8-6-4-2-1-3-5-7-9-20-28-33(29-21-13-10-14-22-29,30-23-15-11-16-24-30)31-25-17-12-18-26-31/h9-18,20-26H,1-8,19,27-28H2/q+1/b20-9+. The summed E-state index contributed by atoms with van der Waals surface area (Å²) >= 11 is 5.75. The highest BCUT2D eigenvalue weighted by atomic mass is 35.5. The van der Waals surface area contributed by atoms with Crippen molar-refractivity contribution in [1.29, 1.82) is 0 Å². The van der Waals surface area contributed by atoms with Gasteiger partial charge in [-0.25, -0.2) is 0 Å². The summed E-state index contributed by atoms with van der Waals surface area (Å²) in [6, 6.07) is 33.5. The van der Waals surface area contributed by atoms with E-state index in [9.17, 15) is 0 Å². The second-order valence-electron chi connectivity index (χ2n) is 8.78. The summed E-state index contributed by atoms with van der Waals surface area (Å²) in [7, 11) is -1.73. The van der Waals surface area contributed by atoms with Gasteiger partial charge in [0.2, 0.25) is 0 Å². The number of halogens is 1. The van der Waals surface area contributed by atoms with Gasteiger partial charge < -0.3 is 0 Å². The number of unbranched alkanes of at least 4 members (excludes halogenated alkanes) is 8. The highest BCUT2D eigenvalue weighted by molar-refractivity contribution is 7.95. The fourth-order valence-corrected chi connectivity index (χ4v) is 8.80. The minimum Gasteiger partial charge on any atom is -0.127 e. The van der Waals surface area contributed by atoms with Crippen molar-refractivity contribution in [2.75, 3.05) is 12.0 Å². The number of hydrogen-bond acceptors (Lipinski definition) is 0. The maximum Gasteiger partial charge on any atom is 0.115 e. The highest BCUT2D eigenvalue weighted by Crippen LogP contribution is 2.55. The average Bonchev–Trinajstić information content (AvgIpc) is 2.89. The van der Waals surface area contributed by atoms with Crippen LogP contribution in [0, 0.1) is 0 Å². The minimum atomic E-state index is -1.73. The predicted octanol–water partition coefficient (Wildman–Crippen LogP) is 8.29. The normalized spacial score (nSPS) is 11.8. The van der Waals surface area contributed by atoms with Crippen LogP contribution >= 0.6 is 18.9 Å². The lowest BCUT2D eigenvalue weighted by Crippen LogP contribution is -2.32. The Labute approximate surface area is 207 Å². The van der Waals surface area contributed by atoms with Gasteiger partial charge in [0.15, 0.2) is 0 Å². The first-order valence-electron chi connectivity index (χ1n) is 12.6. The summed E-state index contributed by atoms with van der Waals surface area (Å²) in [6.45, 7) is 0. The van der Waals surface area contributed by atoms with Gasteiger partial charge in [0.05, 0.1) is 6.16 Å². The fourth-order valence-electron chi connectivity index (χ4n) is 4.58. The lowest BCUT2D eigenvalue weighted by atomic mass is 10.1. The molecule has 0 saturated heterocycles. The van der Waals surface area contributed by atoms with Crippen molar-refractivity contribution < 1.29 is 0 Å². The lowest BCUT2D eigenvalue weighted by molar-refractivity contribution is 0.578. The molecular weight excluding hydrogens is 439 g/mol. The van der Waals surface area contributed by atoms with E-state index in [0.717, 1.165) is 12.0 Å². The van der Waals surface area contributed by atoms with Gasteiger partial charge in [-0.2, -0.15) is 0 Å². The van der Waals surface area contributed by atoms with E-state index in [4.69, 9.17) is 11.6 Å². The Hall–Kier alpha value is -1.88. The quantitative estimate of drug-likeness (QED) is 0.0893. The first kappa shape index (κ1) is 25.7. The molecule has 0 aliphatic rings. The van der Waals surface area contributed by atoms with Crippen LogP contribution in [0.2, 0.25) is 0 Å². The third-order valence-corrected chi connectivity index (χ3v) is 11.0. The summed E-state index contributed by atoms with van der Waals surface area (Å²) < 4.78 is 0. The van der Waals surface area contributed by atoms with E-state index >= 15 is 0 Å². The van der Waals surface area contributed by atoms with Gasteiger partial charge in [-0.05, 0) is 55.7 Å². The van der Waals surface area contributed by atoms with Crippen molar-refractivity contribution in [2.24, 2.45) is 0 Å². The van der Waals surface area contributed by atoms with Gasteiger partial charge in [0, 0.05) is 5.88 Å². The van der Waals surface area contributed by atoms with Gasteiger partial charge in [0.1, 0.15) is 23.2 Å². The summed E-state index contributed by atoms with van der Waals surface area (Å²) in [5.74, 6) is 0.814. The van der Waals surface area contributed by atoms with Crippen molar-refractivity contribution in [3.05, 3.63) is 103 Å². The van der Waals surface area contributed by atoms with Gasteiger partial charge in [-0.3, -0.25) is 0 Å². The summed E-state index contributed by atoms with van der Waals surface area (Å²) in [4.78, 5) is 0. The van der Waals surface area contributed by atoms with E-state index < -0.39 is 7.26 Å². The SMILES string of the molecule is ClCCCCCCCCCC/C=C/C[P+](c1ccccc1)(c1ccccc1)c1ccccc1. The Morgan fingerprint density at radius 1 is 0.485 bits per heavy atom. The molecule has 0 bridgehead atoms. The first-order valence-corrected chi connectivity index (χ1v) is 15.1. The topological polar surface area (TPSA) is 0 Å². The van der Waals surface area contributed by atoms with Gasteiger partial charge in [-0.15, -0.1) is 11.6 Å². The van der Waals surface area contributed by atoms with Gasteiger partial charge >= 0.3 is 0 Å². The molecule has 3 aromatic rings. The van der Waals surface area contributed by atoms with Gasteiger partial charge in [0.25, 0.3) is 0 Å². The average molecular weight is 478 g/mol. The van der Waals surface area contributed by atoms with Crippen LogP contribution in [-0.4, -0.2) is 12.0 Å². The number of alkyl halides is 1. The Kier molecular flexibility index (Phi) is 11.8. The van der Waals surface area contributed by atoms with E-state index in [1.807, 2.05) is 0 Å². The van der Waals surface area contributed by atoms with Gasteiger partial charge in [-0.1, -0.05) is 105 Å². The van der Waals surface area contributed by atoms with Crippen LogP contribution in [0.4, 0.5) is 0 Å². The van der Waals surface area contributed by atoms with E-state index in [1.54, 1.807) is 0 Å². The third kappa shape index (κ3) is 7.84. The molecule has 0 heterocycles. The molecule has 33 heavy (non-hydrogen) atoms. The van der Waals surface area contributed by atoms with Crippen LogP contribution in [-0.2, 0) is 0 Å². The number of allylic oxidation sites excluding steroid dienone is 2. The van der Waals surface area contributed by atoms with Crippen LogP contribution in [0.3, 0.4) is 0 Å². The summed E-state index contributed by atoms with van der Waals surface area (Å²) in [5, 5.41) is 4.38. The zero-order chi connectivity index (χ0) is 23.0. The first-order chi connectivity index (χ1) is 16.4. The third-order valence-electron chi connectivity index (χ3n) is 6.39. The maximum absolute atomic E-state index is 5.75. The van der Waals surface area contributed by atoms with Crippen molar-refractivity contribution in [2.45, 2.75) is 57.8 Å². The van der Waals surface area contributed by atoms with Crippen LogP contribution in [0.25, 0.3) is 0 Å². The molecule has 0 spiro atoms. The molecule has 0 aliphatic heterocycles. The molecule has 0 fully saturated rings. The summed E-state index contributed by atoms with van der Waals surface area (Å²) in [5.41, 5.74) is 0. The molecule has 174 valence electrons. The predicted molar refractivity (Wildman–Crippen MR) is 151 cm³/mol. The van der Waals surface area contributed by atoms with Crippen LogP contribution in [0.1, 0.15) is 57.8 Å². The summed E-state index contributed by atoms with van der Waals surface area (Å²) in [6.07, 6.45) is 17.7. The Bertz CT molecular complexity index is 809. The molecule has 0 nitrogen and oxygen atoms in total. The Morgan fingerprint density at radius 2 is 0.879 bits per heavy atom. The number of rotatable bonds is 15. The Balaban J connectivity index is 1.65. The van der Waals surface area contributed by atoms with E-state index in [1.165, 1.54) is 73.7 Å². The van der Waals surface area contributed by atoms with E-state index in [-0.39, 0.29) is 0 Å². The van der Waals surface area contributed by atoms with Crippen LogP contribution in [0.15, 0.2) is 103 Å². The van der Waals surface area contributed by atoms with E-state index in [2.05, 4.69) is 103 Å². The molecule has 0 amide bonds. The minimum absolute atomic E-state index is 0.814. The number of benzene rings is 3. The zero-order valence-electron chi connectivity index (χ0n) is 19.9. The molecule has 0 saturated carbocycles. The van der Waals surface area contributed by atoms with Crippen molar-refractivity contribution in [3.63, 3.8) is 0 Å². The van der Waals surface area contributed by atoms with E-state index in [0.29, 0.717) is 0 Å². The molecule has 0 atom stereocenters. The smallest absolute Gasteiger partial charge is 0.115 e. The molecular formula is C31H39ClP+. The largest absolute Gasteiger partial charge is 0.127 e.